The van der Waals surface area contributed by atoms with Crippen LogP contribution in [0.5, 0.6) is 0 Å². The van der Waals surface area contributed by atoms with Gasteiger partial charge in [0.2, 0.25) is 0 Å². The number of likely N-dealkylation sites (tertiary alicyclic amines) is 1. The summed E-state index contributed by atoms with van der Waals surface area (Å²) in [7, 11) is 0. The molecule has 3 heterocycles. The lowest BCUT2D eigenvalue weighted by Crippen LogP contribution is -2.45. The summed E-state index contributed by atoms with van der Waals surface area (Å²) in [6, 6.07) is 13.6. The topological polar surface area (TPSA) is 46.0 Å². The van der Waals surface area contributed by atoms with Gasteiger partial charge in [-0.05, 0) is 61.4 Å². The number of nitrogens with one attached hydrogen (secondary N) is 1. The van der Waals surface area contributed by atoms with Crippen molar-refractivity contribution < 1.29 is 4.39 Å². The molecule has 2 aliphatic rings. The number of piperidine rings is 1. The maximum atomic E-state index is 13.8. The molecule has 168 valence electrons. The van der Waals surface area contributed by atoms with Gasteiger partial charge < -0.3 is 5.32 Å². The molecule has 5 rings (SSSR count). The van der Waals surface area contributed by atoms with Crippen LogP contribution in [-0.2, 0) is 13.0 Å². The normalized spacial score (nSPS) is 21.4. The molecule has 1 aliphatic heterocycles. The lowest BCUT2D eigenvalue weighted by Gasteiger charge is -2.40. The summed E-state index contributed by atoms with van der Waals surface area (Å²) in [6.07, 6.45) is 8.16. The van der Waals surface area contributed by atoms with Gasteiger partial charge in [-0.1, -0.05) is 26.0 Å². The standard InChI is InChI=1S/C26H32FN5/c1-26(2)15-24(23-17-29-32(25(23)16-26)22-8-5-6-19(27)14-22)30-20-9-12-31(13-10-20)18-21-7-3-4-11-28-21/h3-8,11,14,17,20,24,30H,9-10,12-13,15-16,18H2,1-2H3/t24-/m0/s1. The predicted molar refractivity (Wildman–Crippen MR) is 124 cm³/mol. The van der Waals surface area contributed by atoms with Crippen LogP contribution < -0.4 is 5.32 Å². The fourth-order valence-electron chi connectivity index (χ4n) is 5.28. The SMILES string of the molecule is CC1(C)Cc2c(cnn2-c2cccc(F)c2)[C@@H](NC2CCN(Cc3ccccn3)CC2)C1. The van der Waals surface area contributed by atoms with Crippen LogP contribution in [0.1, 0.15) is 56.1 Å². The number of aromatic nitrogens is 3. The minimum atomic E-state index is -0.228. The molecule has 0 spiro atoms. The van der Waals surface area contributed by atoms with Crippen molar-refractivity contribution >= 4 is 0 Å². The highest BCUT2D eigenvalue weighted by Crippen LogP contribution is 2.42. The van der Waals surface area contributed by atoms with Gasteiger partial charge in [0.1, 0.15) is 5.82 Å². The molecule has 6 heteroatoms. The summed E-state index contributed by atoms with van der Waals surface area (Å²) in [5, 5.41) is 8.63. The first-order valence-electron chi connectivity index (χ1n) is 11.7. The predicted octanol–water partition coefficient (Wildman–Crippen LogP) is 4.67. The van der Waals surface area contributed by atoms with Crippen molar-refractivity contribution in [1.29, 1.82) is 0 Å². The van der Waals surface area contributed by atoms with E-state index >= 15 is 0 Å². The summed E-state index contributed by atoms with van der Waals surface area (Å²) in [5.74, 6) is -0.228. The second kappa shape index (κ2) is 8.75. The Hall–Kier alpha value is -2.57. The van der Waals surface area contributed by atoms with Crippen LogP contribution in [0.25, 0.3) is 5.69 Å². The monoisotopic (exact) mass is 433 g/mol. The Labute approximate surface area is 189 Å². The van der Waals surface area contributed by atoms with Crippen LogP contribution >= 0.6 is 0 Å². The van der Waals surface area contributed by atoms with Crippen LogP contribution in [0.4, 0.5) is 4.39 Å². The zero-order chi connectivity index (χ0) is 22.1. The zero-order valence-corrected chi connectivity index (χ0v) is 19.0. The molecule has 0 unspecified atom stereocenters. The van der Waals surface area contributed by atoms with E-state index in [2.05, 4.69) is 46.3 Å². The minimum absolute atomic E-state index is 0.162. The van der Waals surface area contributed by atoms with E-state index in [1.165, 1.54) is 17.3 Å². The molecule has 0 radical (unpaired) electrons. The third-order valence-electron chi connectivity index (χ3n) is 6.87. The van der Waals surface area contributed by atoms with E-state index in [4.69, 9.17) is 0 Å². The van der Waals surface area contributed by atoms with E-state index in [1.54, 1.807) is 12.1 Å². The maximum Gasteiger partial charge on any atom is 0.125 e. The van der Waals surface area contributed by atoms with Crippen molar-refractivity contribution in [1.82, 2.24) is 25.0 Å². The Morgan fingerprint density at radius 1 is 1.12 bits per heavy atom. The number of nitrogens with zero attached hydrogens (tertiary/aromatic N) is 4. The molecule has 3 aromatic rings. The first kappa shape index (κ1) is 21.3. The van der Waals surface area contributed by atoms with Gasteiger partial charge in [0, 0.05) is 49.2 Å². The molecule has 1 N–H and O–H groups in total. The maximum absolute atomic E-state index is 13.8. The number of benzene rings is 1. The molecule has 0 amide bonds. The van der Waals surface area contributed by atoms with E-state index in [1.807, 2.05) is 29.2 Å². The highest BCUT2D eigenvalue weighted by Gasteiger charge is 2.36. The summed E-state index contributed by atoms with van der Waals surface area (Å²) in [5.41, 5.74) is 4.57. The van der Waals surface area contributed by atoms with Gasteiger partial charge in [-0.3, -0.25) is 9.88 Å². The zero-order valence-electron chi connectivity index (χ0n) is 19.0. The molecule has 2 aromatic heterocycles. The number of halogens is 1. The van der Waals surface area contributed by atoms with E-state index in [0.717, 1.165) is 56.7 Å². The van der Waals surface area contributed by atoms with E-state index in [-0.39, 0.29) is 17.3 Å². The number of fused-ring (bicyclic) bond motifs is 1. The van der Waals surface area contributed by atoms with Crippen LogP contribution in [-0.4, -0.2) is 38.8 Å². The van der Waals surface area contributed by atoms with Crippen LogP contribution in [0.15, 0.2) is 54.9 Å². The average Bonchev–Trinajstić information content (AvgIpc) is 3.19. The van der Waals surface area contributed by atoms with Crippen LogP contribution in [0.2, 0.25) is 0 Å². The third-order valence-corrected chi connectivity index (χ3v) is 6.87. The first-order chi connectivity index (χ1) is 15.5. The Morgan fingerprint density at radius 2 is 1.97 bits per heavy atom. The second-order valence-electron chi connectivity index (χ2n) is 10.1. The molecule has 1 aliphatic carbocycles. The van der Waals surface area contributed by atoms with E-state index in [0.29, 0.717) is 6.04 Å². The fraction of sp³-hybridized carbons (Fsp3) is 0.462. The Bertz CT molecular complexity index is 1050. The van der Waals surface area contributed by atoms with Gasteiger partial charge in [-0.15, -0.1) is 0 Å². The summed E-state index contributed by atoms with van der Waals surface area (Å²) < 4.78 is 15.8. The molecule has 32 heavy (non-hydrogen) atoms. The van der Waals surface area contributed by atoms with Crippen LogP contribution in [0, 0.1) is 11.2 Å². The smallest absolute Gasteiger partial charge is 0.125 e. The number of pyridine rings is 1. The van der Waals surface area contributed by atoms with Crippen molar-refractivity contribution in [3.8, 4) is 5.69 Å². The molecule has 0 saturated carbocycles. The van der Waals surface area contributed by atoms with E-state index in [9.17, 15) is 4.39 Å². The van der Waals surface area contributed by atoms with Gasteiger partial charge in [-0.2, -0.15) is 5.10 Å². The second-order valence-corrected chi connectivity index (χ2v) is 10.1. The van der Waals surface area contributed by atoms with Gasteiger partial charge in [0.25, 0.3) is 0 Å². The first-order valence-corrected chi connectivity index (χ1v) is 11.7. The molecule has 1 fully saturated rings. The quantitative estimate of drug-likeness (QED) is 0.635. The van der Waals surface area contributed by atoms with Crippen molar-refractivity contribution in [3.05, 3.63) is 77.6 Å². The lowest BCUT2D eigenvalue weighted by atomic mass is 9.74. The van der Waals surface area contributed by atoms with Gasteiger partial charge in [-0.25, -0.2) is 9.07 Å². The molecule has 1 atom stereocenters. The van der Waals surface area contributed by atoms with Crippen molar-refractivity contribution in [2.24, 2.45) is 5.41 Å². The van der Waals surface area contributed by atoms with Gasteiger partial charge in [0.05, 0.1) is 17.6 Å². The highest BCUT2D eigenvalue weighted by atomic mass is 19.1. The lowest BCUT2D eigenvalue weighted by molar-refractivity contribution is 0.167. The third kappa shape index (κ3) is 4.62. The number of hydrogen-bond acceptors (Lipinski definition) is 4. The molecule has 1 aromatic carbocycles. The highest BCUT2D eigenvalue weighted by molar-refractivity contribution is 5.38. The van der Waals surface area contributed by atoms with Crippen LogP contribution in [0.3, 0.4) is 0 Å². The Morgan fingerprint density at radius 3 is 2.72 bits per heavy atom. The van der Waals surface area contributed by atoms with Crippen molar-refractivity contribution in [2.75, 3.05) is 13.1 Å². The largest absolute Gasteiger partial charge is 0.307 e. The van der Waals surface area contributed by atoms with Gasteiger partial charge in [0.15, 0.2) is 0 Å². The van der Waals surface area contributed by atoms with Crippen molar-refractivity contribution in [2.45, 2.75) is 58.2 Å². The summed E-state index contributed by atoms with van der Waals surface area (Å²) in [4.78, 5) is 6.97. The minimum Gasteiger partial charge on any atom is -0.307 e. The fourth-order valence-corrected chi connectivity index (χ4v) is 5.28. The summed E-state index contributed by atoms with van der Waals surface area (Å²) in [6.45, 7) is 7.74. The van der Waals surface area contributed by atoms with Crippen molar-refractivity contribution in [3.63, 3.8) is 0 Å². The molecule has 1 saturated heterocycles. The number of hydrogen-bond donors (Lipinski definition) is 1. The van der Waals surface area contributed by atoms with E-state index < -0.39 is 0 Å². The Balaban J connectivity index is 1.28. The Kier molecular flexibility index (Phi) is 5.82. The van der Waals surface area contributed by atoms with Gasteiger partial charge >= 0.3 is 0 Å². The number of rotatable bonds is 5. The average molecular weight is 434 g/mol. The summed E-state index contributed by atoms with van der Waals surface area (Å²) >= 11 is 0. The molecule has 5 nitrogen and oxygen atoms in total. The molecule has 0 bridgehead atoms. The molecular formula is C26H32FN5. The molecular weight excluding hydrogens is 401 g/mol.